The summed E-state index contributed by atoms with van der Waals surface area (Å²) in [6, 6.07) is 0. The molecule has 0 aliphatic carbocycles. The first-order valence-corrected chi connectivity index (χ1v) is 6.61. The van der Waals surface area contributed by atoms with Crippen LogP contribution in [0, 0.1) is 5.92 Å². The number of nitrogens with two attached hydrogens (primary N) is 1. The molecule has 0 saturated carbocycles. The summed E-state index contributed by atoms with van der Waals surface area (Å²) in [6.07, 6.45) is 6.93. The lowest BCUT2D eigenvalue weighted by atomic mass is 9.97. The average Bonchev–Trinajstić information content (AvgIpc) is 2.22. The molecular formula is C12H25N3S. The summed E-state index contributed by atoms with van der Waals surface area (Å²) in [6.45, 7) is 6.69. The number of thiocarbonyl (C=S) groups is 1. The van der Waals surface area contributed by atoms with E-state index in [2.05, 4.69) is 31.3 Å². The van der Waals surface area contributed by atoms with Crippen LogP contribution < -0.4 is 11.2 Å². The number of nitrogens with one attached hydrogen (secondary N) is 1. The first-order valence-electron chi connectivity index (χ1n) is 6.21. The number of rotatable bonds is 8. The summed E-state index contributed by atoms with van der Waals surface area (Å²) in [5, 5.41) is 4.49. The molecular weight excluding hydrogens is 218 g/mol. The predicted molar refractivity (Wildman–Crippen MR) is 75.6 cm³/mol. The van der Waals surface area contributed by atoms with Gasteiger partial charge in [0, 0.05) is 5.71 Å². The van der Waals surface area contributed by atoms with Crippen LogP contribution in [0.3, 0.4) is 0 Å². The zero-order chi connectivity index (χ0) is 12.4. The van der Waals surface area contributed by atoms with Crippen LogP contribution in [0.5, 0.6) is 0 Å². The summed E-state index contributed by atoms with van der Waals surface area (Å²) in [7, 11) is 0. The fourth-order valence-corrected chi connectivity index (χ4v) is 1.76. The van der Waals surface area contributed by atoms with Gasteiger partial charge in [-0.05, 0) is 37.4 Å². The highest BCUT2D eigenvalue weighted by Crippen LogP contribution is 2.14. The number of hydrogen-bond donors (Lipinski definition) is 2. The lowest BCUT2D eigenvalue weighted by Crippen LogP contribution is -2.25. The number of hydrazone groups is 1. The van der Waals surface area contributed by atoms with E-state index in [4.69, 9.17) is 18.0 Å². The van der Waals surface area contributed by atoms with E-state index >= 15 is 0 Å². The van der Waals surface area contributed by atoms with Crippen molar-refractivity contribution < 1.29 is 0 Å². The average molecular weight is 243 g/mol. The molecule has 1 unspecified atom stereocenters. The van der Waals surface area contributed by atoms with Crippen LogP contribution in [0.1, 0.15) is 59.3 Å². The highest BCUT2D eigenvalue weighted by Gasteiger charge is 2.04. The van der Waals surface area contributed by atoms with Crippen LogP contribution in [0.15, 0.2) is 5.10 Å². The molecule has 0 saturated heterocycles. The Morgan fingerprint density at radius 1 is 1.25 bits per heavy atom. The Balaban J connectivity index is 4.02. The van der Waals surface area contributed by atoms with Gasteiger partial charge < -0.3 is 5.73 Å². The maximum atomic E-state index is 5.35. The van der Waals surface area contributed by atoms with E-state index in [9.17, 15) is 0 Å². The van der Waals surface area contributed by atoms with Crippen molar-refractivity contribution in [3.05, 3.63) is 0 Å². The van der Waals surface area contributed by atoms with Gasteiger partial charge in [-0.1, -0.05) is 40.0 Å². The molecule has 0 radical (unpaired) electrons. The summed E-state index contributed by atoms with van der Waals surface area (Å²) in [4.78, 5) is 0. The lowest BCUT2D eigenvalue weighted by molar-refractivity contribution is 0.494. The second-order valence-corrected chi connectivity index (χ2v) is 4.78. The Hall–Kier alpha value is -0.640. The molecule has 94 valence electrons. The molecule has 0 aliphatic heterocycles. The van der Waals surface area contributed by atoms with Crippen molar-refractivity contribution in [1.82, 2.24) is 5.43 Å². The Morgan fingerprint density at radius 3 is 2.44 bits per heavy atom. The number of hydrogen-bond acceptors (Lipinski definition) is 2. The zero-order valence-corrected chi connectivity index (χ0v) is 11.6. The van der Waals surface area contributed by atoms with Gasteiger partial charge in [0.1, 0.15) is 0 Å². The minimum atomic E-state index is 0.246. The molecule has 3 nitrogen and oxygen atoms in total. The maximum absolute atomic E-state index is 5.35. The molecule has 1 atom stereocenters. The Labute approximate surface area is 105 Å². The van der Waals surface area contributed by atoms with Gasteiger partial charge in [0.05, 0.1) is 0 Å². The van der Waals surface area contributed by atoms with Gasteiger partial charge in [-0.25, -0.2) is 0 Å². The summed E-state index contributed by atoms with van der Waals surface area (Å²) >= 11 is 4.73. The Kier molecular flexibility index (Phi) is 9.19. The van der Waals surface area contributed by atoms with Crippen LogP contribution >= 0.6 is 12.2 Å². The SMILES string of the molecule is CCC/C(CCC(C)CCC)=N/NC(N)=S. The standard InChI is InChI=1S/C12H25N3S/c1-4-6-10(3)8-9-11(7-5-2)14-15-12(13)16/h10H,4-9H2,1-3H3,(H3,13,15,16)/b14-11-. The molecule has 0 heterocycles. The van der Waals surface area contributed by atoms with Gasteiger partial charge in [0.25, 0.3) is 0 Å². The third kappa shape index (κ3) is 8.65. The van der Waals surface area contributed by atoms with Gasteiger partial charge in [0.15, 0.2) is 5.11 Å². The van der Waals surface area contributed by atoms with E-state index in [0.717, 1.165) is 25.2 Å². The molecule has 0 amide bonds. The van der Waals surface area contributed by atoms with E-state index < -0.39 is 0 Å². The molecule has 0 aromatic rings. The van der Waals surface area contributed by atoms with Crippen molar-refractivity contribution >= 4 is 23.0 Å². The molecule has 0 fully saturated rings. The van der Waals surface area contributed by atoms with Crippen molar-refractivity contribution in [2.75, 3.05) is 0 Å². The minimum absolute atomic E-state index is 0.246. The van der Waals surface area contributed by atoms with Gasteiger partial charge in [0.2, 0.25) is 0 Å². The van der Waals surface area contributed by atoms with E-state index in [1.165, 1.54) is 25.0 Å². The fourth-order valence-electron chi connectivity index (χ4n) is 1.71. The largest absolute Gasteiger partial charge is 0.375 e. The normalized spacial score (nSPS) is 13.6. The van der Waals surface area contributed by atoms with Gasteiger partial charge in [-0.2, -0.15) is 5.10 Å². The van der Waals surface area contributed by atoms with Gasteiger partial charge >= 0.3 is 0 Å². The van der Waals surface area contributed by atoms with E-state index in [1.54, 1.807) is 0 Å². The van der Waals surface area contributed by atoms with E-state index in [1.807, 2.05) is 0 Å². The first-order chi connectivity index (χ1) is 7.60. The maximum Gasteiger partial charge on any atom is 0.184 e. The van der Waals surface area contributed by atoms with Crippen molar-refractivity contribution in [1.29, 1.82) is 0 Å². The lowest BCUT2D eigenvalue weighted by Gasteiger charge is -2.11. The number of nitrogens with zero attached hydrogens (tertiary/aromatic N) is 1. The zero-order valence-electron chi connectivity index (χ0n) is 10.8. The van der Waals surface area contributed by atoms with Crippen LogP contribution in [-0.4, -0.2) is 10.8 Å². The molecule has 0 aromatic heterocycles. The van der Waals surface area contributed by atoms with Crippen molar-refractivity contribution in [3.8, 4) is 0 Å². The van der Waals surface area contributed by atoms with Gasteiger partial charge in [-0.15, -0.1) is 0 Å². The molecule has 0 rings (SSSR count). The van der Waals surface area contributed by atoms with E-state index in [-0.39, 0.29) is 5.11 Å². The third-order valence-electron chi connectivity index (χ3n) is 2.57. The monoisotopic (exact) mass is 243 g/mol. The molecule has 0 aromatic carbocycles. The summed E-state index contributed by atoms with van der Waals surface area (Å²) < 4.78 is 0. The second-order valence-electron chi connectivity index (χ2n) is 4.34. The van der Waals surface area contributed by atoms with Crippen molar-refractivity contribution in [3.63, 3.8) is 0 Å². The van der Waals surface area contributed by atoms with Crippen LogP contribution in [0.4, 0.5) is 0 Å². The van der Waals surface area contributed by atoms with E-state index in [0.29, 0.717) is 0 Å². The minimum Gasteiger partial charge on any atom is -0.375 e. The molecule has 0 spiro atoms. The summed E-state index contributed by atoms with van der Waals surface area (Å²) in [5.74, 6) is 0.775. The third-order valence-corrected chi connectivity index (χ3v) is 2.66. The predicted octanol–water partition coefficient (Wildman–Crippen LogP) is 3.19. The smallest absolute Gasteiger partial charge is 0.184 e. The topological polar surface area (TPSA) is 50.4 Å². The second kappa shape index (κ2) is 9.58. The van der Waals surface area contributed by atoms with Gasteiger partial charge in [-0.3, -0.25) is 5.43 Å². The highest BCUT2D eigenvalue weighted by molar-refractivity contribution is 7.80. The first kappa shape index (κ1) is 15.4. The quantitative estimate of drug-likeness (QED) is 0.391. The molecule has 16 heavy (non-hydrogen) atoms. The Morgan fingerprint density at radius 2 is 1.94 bits per heavy atom. The van der Waals surface area contributed by atoms with Crippen LogP contribution in [0.2, 0.25) is 0 Å². The fraction of sp³-hybridized carbons (Fsp3) is 0.833. The molecule has 3 N–H and O–H groups in total. The van der Waals surface area contributed by atoms with Crippen molar-refractivity contribution in [2.45, 2.75) is 59.3 Å². The van der Waals surface area contributed by atoms with Crippen molar-refractivity contribution in [2.24, 2.45) is 16.8 Å². The molecule has 4 heteroatoms. The molecule has 0 aliphatic rings. The Bertz CT molecular complexity index is 226. The van der Waals surface area contributed by atoms with Crippen LogP contribution in [-0.2, 0) is 0 Å². The summed E-state index contributed by atoms with van der Waals surface area (Å²) in [5.41, 5.74) is 9.22. The van der Waals surface area contributed by atoms with Crippen LogP contribution in [0.25, 0.3) is 0 Å². The molecule has 0 bridgehead atoms. The highest BCUT2D eigenvalue weighted by atomic mass is 32.1.